The molecule has 0 radical (unpaired) electrons. The lowest BCUT2D eigenvalue weighted by atomic mass is 10.1. The van der Waals surface area contributed by atoms with Crippen LogP contribution in [0.25, 0.3) is 0 Å². The third kappa shape index (κ3) is 4.74. The van der Waals surface area contributed by atoms with Gasteiger partial charge in [0.25, 0.3) is 0 Å². The van der Waals surface area contributed by atoms with E-state index in [0.29, 0.717) is 17.2 Å². The zero-order chi connectivity index (χ0) is 14.4. The number of benzene rings is 1. The number of carbonyl (C=O) groups is 1. The first-order chi connectivity index (χ1) is 8.95. The van der Waals surface area contributed by atoms with Gasteiger partial charge in [0.15, 0.2) is 0 Å². The Morgan fingerprint density at radius 1 is 1.47 bits per heavy atom. The highest BCUT2D eigenvalue weighted by molar-refractivity contribution is 9.10. The summed E-state index contributed by atoms with van der Waals surface area (Å²) in [5, 5.41) is 3.30. The zero-order valence-corrected chi connectivity index (χ0v) is 13.2. The SMILES string of the molecule is COC(=O)c1cc(NCCCC(C)C)c(Br)cc1N. The van der Waals surface area contributed by atoms with Crippen LogP contribution in [0.15, 0.2) is 16.6 Å². The number of halogens is 1. The summed E-state index contributed by atoms with van der Waals surface area (Å²) in [6.07, 6.45) is 2.26. The lowest BCUT2D eigenvalue weighted by molar-refractivity contribution is 0.0602. The fourth-order valence-electron chi connectivity index (χ4n) is 1.74. The molecule has 0 amide bonds. The van der Waals surface area contributed by atoms with Crippen LogP contribution in [0.4, 0.5) is 11.4 Å². The number of esters is 1. The second-order valence-electron chi connectivity index (χ2n) is 4.87. The second-order valence-corrected chi connectivity index (χ2v) is 5.73. The van der Waals surface area contributed by atoms with Gasteiger partial charge in [0, 0.05) is 22.4 Å². The number of anilines is 2. The highest BCUT2D eigenvalue weighted by atomic mass is 79.9. The van der Waals surface area contributed by atoms with Gasteiger partial charge in [-0.15, -0.1) is 0 Å². The second kappa shape index (κ2) is 7.38. The number of rotatable bonds is 6. The molecule has 0 atom stereocenters. The summed E-state index contributed by atoms with van der Waals surface area (Å²) in [5.41, 5.74) is 7.46. The van der Waals surface area contributed by atoms with Gasteiger partial charge < -0.3 is 15.8 Å². The molecule has 0 bridgehead atoms. The summed E-state index contributed by atoms with van der Waals surface area (Å²) >= 11 is 3.44. The van der Waals surface area contributed by atoms with Crippen molar-refractivity contribution in [2.45, 2.75) is 26.7 Å². The third-order valence-electron chi connectivity index (χ3n) is 2.82. The van der Waals surface area contributed by atoms with E-state index in [9.17, 15) is 4.79 Å². The molecular weight excluding hydrogens is 308 g/mol. The Hall–Kier alpha value is -1.23. The van der Waals surface area contributed by atoms with Crippen molar-refractivity contribution in [3.05, 3.63) is 22.2 Å². The van der Waals surface area contributed by atoms with E-state index in [0.717, 1.165) is 23.1 Å². The molecule has 0 saturated carbocycles. The molecule has 106 valence electrons. The van der Waals surface area contributed by atoms with E-state index in [4.69, 9.17) is 10.5 Å². The van der Waals surface area contributed by atoms with Crippen LogP contribution in [0, 0.1) is 5.92 Å². The van der Waals surface area contributed by atoms with E-state index in [1.54, 1.807) is 12.1 Å². The molecule has 1 rings (SSSR count). The molecule has 19 heavy (non-hydrogen) atoms. The van der Waals surface area contributed by atoms with E-state index in [-0.39, 0.29) is 0 Å². The summed E-state index contributed by atoms with van der Waals surface area (Å²) in [6, 6.07) is 3.44. The maximum Gasteiger partial charge on any atom is 0.340 e. The number of ether oxygens (including phenoxy) is 1. The molecule has 0 aliphatic heterocycles. The minimum absolute atomic E-state index is 0.386. The van der Waals surface area contributed by atoms with Crippen LogP contribution in [0.1, 0.15) is 37.0 Å². The molecule has 3 N–H and O–H groups in total. The topological polar surface area (TPSA) is 64.3 Å². The summed E-state index contributed by atoms with van der Waals surface area (Å²) < 4.78 is 5.56. The average molecular weight is 329 g/mol. The summed E-state index contributed by atoms with van der Waals surface area (Å²) in [5.74, 6) is 0.275. The van der Waals surface area contributed by atoms with Crippen molar-refractivity contribution >= 4 is 33.3 Å². The smallest absolute Gasteiger partial charge is 0.340 e. The van der Waals surface area contributed by atoms with Gasteiger partial charge in [-0.1, -0.05) is 13.8 Å². The van der Waals surface area contributed by atoms with Crippen molar-refractivity contribution in [2.24, 2.45) is 5.92 Å². The number of nitrogens with two attached hydrogens (primary N) is 1. The van der Waals surface area contributed by atoms with Crippen LogP contribution in [0.3, 0.4) is 0 Å². The molecular formula is C14H21BrN2O2. The number of hydrogen-bond acceptors (Lipinski definition) is 4. The summed E-state index contributed by atoms with van der Waals surface area (Å²) in [7, 11) is 1.35. The monoisotopic (exact) mass is 328 g/mol. The number of carbonyl (C=O) groups excluding carboxylic acids is 1. The van der Waals surface area contributed by atoms with Crippen molar-refractivity contribution in [2.75, 3.05) is 24.7 Å². The fourth-order valence-corrected chi connectivity index (χ4v) is 2.25. The zero-order valence-electron chi connectivity index (χ0n) is 11.6. The van der Waals surface area contributed by atoms with E-state index < -0.39 is 5.97 Å². The Morgan fingerprint density at radius 2 is 2.16 bits per heavy atom. The first-order valence-electron chi connectivity index (χ1n) is 6.37. The molecule has 1 aromatic carbocycles. The van der Waals surface area contributed by atoms with Gasteiger partial charge in [0.2, 0.25) is 0 Å². The lowest BCUT2D eigenvalue weighted by Gasteiger charge is -2.12. The molecule has 0 spiro atoms. The Balaban J connectivity index is 2.75. The highest BCUT2D eigenvalue weighted by Crippen LogP contribution is 2.28. The van der Waals surface area contributed by atoms with Gasteiger partial charge in [-0.3, -0.25) is 0 Å². The Morgan fingerprint density at radius 3 is 2.74 bits per heavy atom. The van der Waals surface area contributed by atoms with Crippen LogP contribution in [0.2, 0.25) is 0 Å². The van der Waals surface area contributed by atoms with Gasteiger partial charge in [-0.25, -0.2) is 4.79 Å². The summed E-state index contributed by atoms with van der Waals surface area (Å²) in [6.45, 7) is 5.27. The van der Waals surface area contributed by atoms with Crippen molar-refractivity contribution < 1.29 is 9.53 Å². The van der Waals surface area contributed by atoms with Gasteiger partial charge in [-0.05, 0) is 46.8 Å². The van der Waals surface area contributed by atoms with Gasteiger partial charge >= 0.3 is 5.97 Å². The van der Waals surface area contributed by atoms with Crippen molar-refractivity contribution in [1.29, 1.82) is 0 Å². The molecule has 1 aromatic rings. The predicted molar refractivity (Wildman–Crippen MR) is 82.5 cm³/mol. The number of nitrogens with one attached hydrogen (secondary N) is 1. The van der Waals surface area contributed by atoms with Crippen LogP contribution in [-0.2, 0) is 4.74 Å². The molecule has 5 heteroatoms. The quantitative estimate of drug-likeness (QED) is 0.475. The number of nitrogen functional groups attached to an aromatic ring is 1. The van der Waals surface area contributed by atoms with E-state index >= 15 is 0 Å². The number of hydrogen-bond donors (Lipinski definition) is 2. The molecule has 0 saturated heterocycles. The van der Waals surface area contributed by atoms with E-state index in [1.807, 2.05) is 0 Å². The van der Waals surface area contributed by atoms with Gasteiger partial charge in [0.05, 0.1) is 12.7 Å². The van der Waals surface area contributed by atoms with Gasteiger partial charge in [-0.2, -0.15) is 0 Å². The molecule has 0 aromatic heterocycles. The average Bonchev–Trinajstić information content (AvgIpc) is 2.35. The van der Waals surface area contributed by atoms with Crippen molar-refractivity contribution in [3.8, 4) is 0 Å². The standard InChI is InChI=1S/C14H21BrN2O2/c1-9(2)5-4-6-17-13-7-10(14(18)19-3)12(16)8-11(13)15/h7-9,17H,4-6,16H2,1-3H3. The van der Waals surface area contributed by atoms with Gasteiger partial charge in [0.1, 0.15) is 0 Å². The first-order valence-corrected chi connectivity index (χ1v) is 7.16. The molecule has 0 unspecified atom stereocenters. The highest BCUT2D eigenvalue weighted by Gasteiger charge is 2.13. The normalized spacial score (nSPS) is 10.6. The summed E-state index contributed by atoms with van der Waals surface area (Å²) in [4.78, 5) is 11.6. The molecule has 0 fully saturated rings. The Bertz CT molecular complexity index is 447. The fraction of sp³-hybridized carbons (Fsp3) is 0.500. The Kier molecular flexibility index (Phi) is 6.15. The van der Waals surface area contributed by atoms with E-state index in [1.165, 1.54) is 13.5 Å². The minimum Gasteiger partial charge on any atom is -0.465 e. The largest absolute Gasteiger partial charge is 0.465 e. The first kappa shape index (κ1) is 15.8. The third-order valence-corrected chi connectivity index (χ3v) is 3.47. The lowest BCUT2D eigenvalue weighted by Crippen LogP contribution is -2.09. The van der Waals surface area contributed by atoms with E-state index in [2.05, 4.69) is 35.1 Å². The minimum atomic E-state index is -0.421. The molecule has 0 heterocycles. The van der Waals surface area contributed by atoms with Crippen LogP contribution >= 0.6 is 15.9 Å². The van der Waals surface area contributed by atoms with Crippen molar-refractivity contribution in [3.63, 3.8) is 0 Å². The van der Waals surface area contributed by atoms with Crippen LogP contribution in [-0.4, -0.2) is 19.6 Å². The maximum absolute atomic E-state index is 11.6. The molecule has 0 aliphatic rings. The number of methoxy groups -OCH3 is 1. The molecule has 0 aliphatic carbocycles. The van der Waals surface area contributed by atoms with Crippen LogP contribution in [0.5, 0.6) is 0 Å². The maximum atomic E-state index is 11.6. The van der Waals surface area contributed by atoms with Crippen molar-refractivity contribution in [1.82, 2.24) is 0 Å². The Labute approximate surface area is 122 Å². The molecule has 4 nitrogen and oxygen atoms in total. The van der Waals surface area contributed by atoms with Crippen LogP contribution < -0.4 is 11.1 Å². The predicted octanol–water partition coefficient (Wildman–Crippen LogP) is 3.67.